The van der Waals surface area contributed by atoms with Crippen molar-refractivity contribution >= 4 is 27.6 Å². The van der Waals surface area contributed by atoms with Gasteiger partial charge in [-0.1, -0.05) is 22.8 Å². The van der Waals surface area contributed by atoms with Gasteiger partial charge in [0.2, 0.25) is 21.7 Å². The summed E-state index contributed by atoms with van der Waals surface area (Å²) < 4.78 is 37.4. The molecule has 0 fully saturated rings. The molecule has 28 heavy (non-hydrogen) atoms. The number of hydrogen-bond donors (Lipinski definition) is 1. The number of nitrogens with one attached hydrogen (secondary N) is 1. The minimum atomic E-state index is -3.92. The average Bonchev–Trinajstić information content (AvgIpc) is 3.16. The van der Waals surface area contributed by atoms with Crippen molar-refractivity contribution in [1.82, 2.24) is 14.9 Å². The van der Waals surface area contributed by atoms with Gasteiger partial charge in [-0.25, -0.2) is 17.9 Å². The number of carbonyl (C=O) groups is 1. The van der Waals surface area contributed by atoms with Gasteiger partial charge in [0.1, 0.15) is 0 Å². The largest absolute Gasteiger partial charge is 0.465 e. The number of nitrogens with zero attached hydrogens (tertiary/aromatic N) is 2. The predicted octanol–water partition coefficient (Wildman–Crippen LogP) is 2.96. The summed E-state index contributed by atoms with van der Waals surface area (Å²) >= 11 is 5.85. The monoisotopic (exact) mass is 421 g/mol. The van der Waals surface area contributed by atoms with Crippen LogP contribution in [0.25, 0.3) is 11.4 Å². The van der Waals surface area contributed by atoms with Crippen LogP contribution in [0.3, 0.4) is 0 Å². The van der Waals surface area contributed by atoms with E-state index < -0.39 is 16.0 Å². The lowest BCUT2D eigenvalue weighted by Gasteiger charge is -2.09. The van der Waals surface area contributed by atoms with Crippen molar-refractivity contribution < 1.29 is 22.5 Å². The topological polar surface area (TPSA) is 111 Å². The van der Waals surface area contributed by atoms with E-state index in [-0.39, 0.29) is 22.9 Å². The standard InChI is InChI=1S/C18H16ClN3O5S/c1-11-3-4-13(18(23)26-2)9-15(11)28(24,25)20-10-16-21-17(22-27-16)12-5-7-14(19)8-6-12/h3-9,20H,10H2,1-2H3. The molecule has 0 unspecified atom stereocenters. The van der Waals surface area contributed by atoms with Gasteiger partial charge in [0.15, 0.2) is 0 Å². The van der Waals surface area contributed by atoms with E-state index in [9.17, 15) is 13.2 Å². The van der Waals surface area contributed by atoms with Gasteiger partial charge in [-0.3, -0.25) is 0 Å². The molecule has 0 aliphatic carbocycles. The van der Waals surface area contributed by atoms with Gasteiger partial charge >= 0.3 is 5.97 Å². The summed E-state index contributed by atoms with van der Waals surface area (Å²) in [7, 11) is -2.69. The Kier molecular flexibility index (Phi) is 5.78. The Balaban J connectivity index is 1.77. The lowest BCUT2D eigenvalue weighted by molar-refractivity contribution is 0.0600. The highest BCUT2D eigenvalue weighted by Gasteiger charge is 2.20. The highest BCUT2D eigenvalue weighted by Crippen LogP contribution is 2.20. The summed E-state index contributed by atoms with van der Waals surface area (Å²) in [5, 5.41) is 4.40. The van der Waals surface area contributed by atoms with Gasteiger partial charge in [0.25, 0.3) is 0 Å². The summed E-state index contributed by atoms with van der Waals surface area (Å²) in [6.45, 7) is 1.42. The molecule has 3 rings (SSSR count). The summed E-state index contributed by atoms with van der Waals surface area (Å²) in [5.41, 5.74) is 1.30. The first kappa shape index (κ1) is 20.0. The van der Waals surface area contributed by atoms with Gasteiger partial charge in [-0.2, -0.15) is 4.98 Å². The third-order valence-corrected chi connectivity index (χ3v) is 5.68. The Morgan fingerprint density at radius 2 is 1.93 bits per heavy atom. The number of sulfonamides is 1. The van der Waals surface area contributed by atoms with E-state index in [4.69, 9.17) is 16.1 Å². The lowest BCUT2D eigenvalue weighted by Crippen LogP contribution is -2.24. The molecule has 8 nitrogen and oxygen atoms in total. The number of methoxy groups -OCH3 is 1. The Morgan fingerprint density at radius 1 is 1.21 bits per heavy atom. The number of esters is 1. The van der Waals surface area contributed by atoms with E-state index in [0.29, 0.717) is 22.0 Å². The zero-order chi connectivity index (χ0) is 20.3. The first-order valence-corrected chi connectivity index (χ1v) is 9.93. The van der Waals surface area contributed by atoms with Crippen LogP contribution in [0.2, 0.25) is 5.02 Å². The molecule has 146 valence electrons. The molecule has 1 N–H and O–H groups in total. The van der Waals surface area contributed by atoms with Crippen LogP contribution in [-0.2, 0) is 21.3 Å². The highest BCUT2D eigenvalue weighted by atomic mass is 35.5. The van der Waals surface area contributed by atoms with Crippen LogP contribution in [0.15, 0.2) is 51.9 Å². The third kappa shape index (κ3) is 4.38. The molecule has 10 heteroatoms. The number of rotatable bonds is 6. The molecule has 1 aromatic heterocycles. The Morgan fingerprint density at radius 3 is 2.61 bits per heavy atom. The second kappa shape index (κ2) is 8.09. The van der Waals surface area contributed by atoms with Crippen molar-refractivity contribution in [2.75, 3.05) is 7.11 Å². The Labute approximate surface area is 166 Å². The Bertz CT molecular complexity index is 1110. The van der Waals surface area contributed by atoms with Gasteiger partial charge in [-0.05, 0) is 48.9 Å². The molecular weight excluding hydrogens is 406 g/mol. The molecule has 0 saturated carbocycles. The van der Waals surface area contributed by atoms with E-state index in [1.54, 1.807) is 31.2 Å². The second-order valence-electron chi connectivity index (χ2n) is 5.82. The van der Waals surface area contributed by atoms with Gasteiger partial charge in [-0.15, -0.1) is 0 Å². The maximum Gasteiger partial charge on any atom is 0.337 e. The predicted molar refractivity (Wildman–Crippen MR) is 101 cm³/mol. The van der Waals surface area contributed by atoms with Gasteiger partial charge in [0.05, 0.1) is 24.1 Å². The Hall–Kier alpha value is -2.75. The molecule has 0 aliphatic rings. The van der Waals surface area contributed by atoms with Crippen molar-refractivity contribution in [2.24, 2.45) is 0 Å². The van der Waals surface area contributed by atoms with Crippen LogP contribution in [0.5, 0.6) is 0 Å². The fourth-order valence-electron chi connectivity index (χ4n) is 2.41. The van der Waals surface area contributed by atoms with Crippen molar-refractivity contribution in [3.05, 3.63) is 64.5 Å². The highest BCUT2D eigenvalue weighted by molar-refractivity contribution is 7.89. The maximum atomic E-state index is 12.6. The zero-order valence-corrected chi connectivity index (χ0v) is 16.5. The zero-order valence-electron chi connectivity index (χ0n) is 15.0. The number of ether oxygens (including phenoxy) is 1. The minimum absolute atomic E-state index is 0.0344. The van der Waals surface area contributed by atoms with Gasteiger partial charge in [0, 0.05) is 10.6 Å². The van der Waals surface area contributed by atoms with E-state index in [1.165, 1.54) is 25.3 Å². The fourth-order valence-corrected chi connectivity index (χ4v) is 3.78. The van der Waals surface area contributed by atoms with Crippen LogP contribution in [0.1, 0.15) is 21.8 Å². The van der Waals surface area contributed by atoms with Crippen molar-refractivity contribution in [1.29, 1.82) is 0 Å². The number of carbonyl (C=O) groups excluding carboxylic acids is 1. The van der Waals surface area contributed by atoms with Crippen molar-refractivity contribution in [3.63, 3.8) is 0 Å². The molecule has 0 aliphatic heterocycles. The molecule has 2 aromatic carbocycles. The van der Waals surface area contributed by atoms with Crippen LogP contribution in [0, 0.1) is 6.92 Å². The molecule has 0 amide bonds. The smallest absolute Gasteiger partial charge is 0.337 e. The number of aryl methyl sites for hydroxylation is 1. The second-order valence-corrected chi connectivity index (χ2v) is 7.99. The van der Waals surface area contributed by atoms with Crippen LogP contribution < -0.4 is 4.72 Å². The molecule has 0 atom stereocenters. The maximum absolute atomic E-state index is 12.6. The summed E-state index contributed by atoms with van der Waals surface area (Å²) in [6, 6.07) is 11.1. The molecule has 0 saturated heterocycles. The quantitative estimate of drug-likeness (QED) is 0.609. The molecule has 0 radical (unpaired) electrons. The SMILES string of the molecule is COC(=O)c1ccc(C)c(S(=O)(=O)NCc2nc(-c3ccc(Cl)cc3)no2)c1. The lowest BCUT2D eigenvalue weighted by atomic mass is 10.1. The summed E-state index contributed by atoms with van der Waals surface area (Å²) in [5.74, 6) is -0.217. The van der Waals surface area contributed by atoms with E-state index in [0.717, 1.165) is 0 Å². The molecule has 0 bridgehead atoms. The minimum Gasteiger partial charge on any atom is -0.465 e. The van der Waals surface area contributed by atoms with Crippen LogP contribution in [0.4, 0.5) is 0 Å². The summed E-state index contributed by atoms with van der Waals surface area (Å²) in [4.78, 5) is 15.8. The molecule has 0 spiro atoms. The third-order valence-electron chi connectivity index (χ3n) is 3.88. The average molecular weight is 422 g/mol. The van der Waals surface area contributed by atoms with Crippen molar-refractivity contribution in [2.45, 2.75) is 18.4 Å². The number of halogens is 1. The number of aromatic nitrogens is 2. The van der Waals surface area contributed by atoms with E-state index in [2.05, 4.69) is 19.6 Å². The molecular formula is C18H16ClN3O5S. The normalized spacial score (nSPS) is 11.4. The first-order valence-electron chi connectivity index (χ1n) is 8.07. The number of hydrogen-bond acceptors (Lipinski definition) is 7. The number of benzene rings is 2. The van der Waals surface area contributed by atoms with Gasteiger partial charge < -0.3 is 9.26 Å². The van der Waals surface area contributed by atoms with E-state index in [1.807, 2.05) is 0 Å². The molecule has 1 heterocycles. The fraction of sp³-hybridized carbons (Fsp3) is 0.167. The first-order chi connectivity index (χ1) is 13.3. The summed E-state index contributed by atoms with van der Waals surface area (Å²) in [6.07, 6.45) is 0. The van der Waals surface area contributed by atoms with Crippen LogP contribution in [-0.4, -0.2) is 31.6 Å². The van der Waals surface area contributed by atoms with Crippen LogP contribution >= 0.6 is 11.6 Å². The molecule has 3 aromatic rings. The van der Waals surface area contributed by atoms with E-state index >= 15 is 0 Å². The van der Waals surface area contributed by atoms with Crippen molar-refractivity contribution in [3.8, 4) is 11.4 Å².